The smallest absolute Gasteiger partial charge is 0.183 e. The molecular weight excluding hydrogens is 330 g/mol. The summed E-state index contributed by atoms with van der Waals surface area (Å²) >= 11 is 1.58. The number of fused-ring (bicyclic) bond motifs is 1. The maximum atomic E-state index is 9.30. The molecule has 0 fully saturated rings. The van der Waals surface area contributed by atoms with Crippen LogP contribution in [0.4, 0.5) is 5.82 Å². The van der Waals surface area contributed by atoms with Crippen LogP contribution in [-0.4, -0.2) is 15.0 Å². The van der Waals surface area contributed by atoms with E-state index in [9.17, 15) is 5.26 Å². The molecule has 0 saturated heterocycles. The van der Waals surface area contributed by atoms with E-state index in [0.717, 1.165) is 26.9 Å². The predicted octanol–water partition coefficient (Wildman–Crippen LogP) is 4.18. The molecule has 3 aromatic heterocycles. The zero-order valence-electron chi connectivity index (χ0n) is 13.4. The van der Waals surface area contributed by atoms with E-state index >= 15 is 0 Å². The van der Waals surface area contributed by atoms with Crippen LogP contribution in [0, 0.1) is 18.3 Å². The molecule has 0 atom stereocenters. The van der Waals surface area contributed by atoms with Gasteiger partial charge in [0.2, 0.25) is 0 Å². The number of nitriles is 1. The average Bonchev–Trinajstić information content (AvgIpc) is 3.07. The van der Waals surface area contributed by atoms with Gasteiger partial charge in [-0.2, -0.15) is 5.26 Å². The van der Waals surface area contributed by atoms with Crippen molar-refractivity contribution >= 4 is 28.1 Å². The molecule has 0 aliphatic carbocycles. The van der Waals surface area contributed by atoms with Crippen LogP contribution in [0.2, 0.25) is 0 Å². The summed E-state index contributed by atoms with van der Waals surface area (Å²) in [5, 5.41) is 12.3. The number of aromatic nitrogens is 3. The predicted molar refractivity (Wildman–Crippen MR) is 99.9 cm³/mol. The highest BCUT2D eigenvalue weighted by molar-refractivity contribution is 7.13. The molecule has 0 radical (unpaired) electrons. The second kappa shape index (κ2) is 5.96. The molecule has 6 heteroatoms. The number of nitrogen functional groups attached to an aromatic ring is 1. The van der Waals surface area contributed by atoms with Crippen LogP contribution in [0.1, 0.15) is 11.3 Å². The summed E-state index contributed by atoms with van der Waals surface area (Å²) in [6.07, 6.45) is 1.76. The topological polar surface area (TPSA) is 88.5 Å². The number of aryl methyl sites for hydroxylation is 1. The largest absolute Gasteiger partial charge is 0.381 e. The Labute approximate surface area is 148 Å². The van der Waals surface area contributed by atoms with E-state index in [2.05, 4.69) is 15.0 Å². The molecule has 0 saturated carbocycles. The lowest BCUT2D eigenvalue weighted by atomic mass is 10.0. The van der Waals surface area contributed by atoms with Crippen molar-refractivity contribution in [3.63, 3.8) is 0 Å². The normalized spacial score (nSPS) is 10.7. The van der Waals surface area contributed by atoms with Crippen LogP contribution < -0.4 is 5.73 Å². The van der Waals surface area contributed by atoms with Gasteiger partial charge in [0, 0.05) is 17.1 Å². The molecule has 0 spiro atoms. The third-order valence-electron chi connectivity index (χ3n) is 3.98. The van der Waals surface area contributed by atoms with Crippen LogP contribution in [0.5, 0.6) is 0 Å². The molecule has 0 aliphatic heterocycles. The minimum Gasteiger partial charge on any atom is -0.381 e. The summed E-state index contributed by atoms with van der Waals surface area (Å²) in [6.45, 7) is 2.02. The van der Waals surface area contributed by atoms with Gasteiger partial charge in [-0.3, -0.25) is 4.98 Å². The van der Waals surface area contributed by atoms with E-state index in [1.807, 2.05) is 54.8 Å². The van der Waals surface area contributed by atoms with Gasteiger partial charge >= 0.3 is 0 Å². The number of hydrogen-bond donors (Lipinski definition) is 1. The molecule has 0 aliphatic rings. The van der Waals surface area contributed by atoms with Crippen LogP contribution in [0.15, 0.2) is 48.0 Å². The first-order valence-corrected chi connectivity index (χ1v) is 8.52. The average molecular weight is 343 g/mol. The molecule has 2 N–H and O–H groups in total. The highest BCUT2D eigenvalue weighted by atomic mass is 32.1. The monoisotopic (exact) mass is 343 g/mol. The van der Waals surface area contributed by atoms with Crippen LogP contribution in [0.3, 0.4) is 0 Å². The fourth-order valence-corrected chi connectivity index (χ4v) is 3.64. The van der Waals surface area contributed by atoms with Gasteiger partial charge in [-0.1, -0.05) is 12.1 Å². The van der Waals surface area contributed by atoms with Gasteiger partial charge in [0.05, 0.1) is 16.1 Å². The van der Waals surface area contributed by atoms with Crippen molar-refractivity contribution in [1.29, 1.82) is 5.26 Å². The van der Waals surface area contributed by atoms with E-state index in [1.54, 1.807) is 17.5 Å². The van der Waals surface area contributed by atoms with Gasteiger partial charge < -0.3 is 5.73 Å². The molecule has 3 heterocycles. The lowest BCUT2D eigenvalue weighted by molar-refractivity contribution is 1.18. The van der Waals surface area contributed by atoms with Gasteiger partial charge in [0.25, 0.3) is 0 Å². The summed E-state index contributed by atoms with van der Waals surface area (Å²) < 4.78 is 0. The van der Waals surface area contributed by atoms with E-state index in [4.69, 9.17) is 5.73 Å². The number of nitrogens with two attached hydrogens (primary N) is 1. The Morgan fingerprint density at radius 2 is 2.00 bits per heavy atom. The third-order valence-corrected chi connectivity index (χ3v) is 5.01. The maximum Gasteiger partial charge on any atom is 0.183 e. The summed E-state index contributed by atoms with van der Waals surface area (Å²) in [6, 6.07) is 13.8. The fourth-order valence-electron chi connectivity index (χ4n) is 2.73. The molecule has 4 aromatic rings. The van der Waals surface area contributed by atoms with Crippen molar-refractivity contribution in [3.8, 4) is 27.9 Å². The zero-order chi connectivity index (χ0) is 17.4. The summed E-state index contributed by atoms with van der Waals surface area (Å²) in [4.78, 5) is 14.3. The highest BCUT2D eigenvalue weighted by Crippen LogP contribution is 2.36. The number of benzene rings is 1. The first kappa shape index (κ1) is 15.2. The molecule has 0 unspecified atom stereocenters. The van der Waals surface area contributed by atoms with Crippen molar-refractivity contribution in [1.82, 2.24) is 15.0 Å². The second-order valence-corrected chi connectivity index (χ2v) is 6.53. The maximum absolute atomic E-state index is 9.30. The highest BCUT2D eigenvalue weighted by Gasteiger charge is 2.18. The summed E-state index contributed by atoms with van der Waals surface area (Å²) in [5.41, 5.74) is 10.3. The quantitative estimate of drug-likeness (QED) is 0.590. The standard InChI is InChI=1S/C19H13N5S/c1-11-6-8-25-18(11)17-16(23-15(10-20)19(21)24-17)13-4-5-14-12(9-13)3-2-7-22-14/h2-9H,1H3,(H2,21,24). The lowest BCUT2D eigenvalue weighted by Gasteiger charge is -2.10. The zero-order valence-corrected chi connectivity index (χ0v) is 14.2. The van der Waals surface area contributed by atoms with Crippen LogP contribution in [-0.2, 0) is 0 Å². The Kier molecular flexibility index (Phi) is 3.64. The van der Waals surface area contributed by atoms with E-state index in [-0.39, 0.29) is 11.5 Å². The number of nitrogens with zero attached hydrogens (tertiary/aromatic N) is 4. The van der Waals surface area contributed by atoms with E-state index < -0.39 is 0 Å². The minimum atomic E-state index is 0.138. The van der Waals surface area contributed by atoms with Crippen molar-refractivity contribution in [2.75, 3.05) is 5.73 Å². The number of hydrogen-bond acceptors (Lipinski definition) is 6. The summed E-state index contributed by atoms with van der Waals surface area (Å²) in [7, 11) is 0. The number of rotatable bonds is 2. The van der Waals surface area contributed by atoms with Crippen molar-refractivity contribution in [2.24, 2.45) is 0 Å². The van der Waals surface area contributed by atoms with E-state index in [0.29, 0.717) is 11.4 Å². The lowest BCUT2D eigenvalue weighted by Crippen LogP contribution is -2.03. The Bertz CT molecular complexity index is 1140. The van der Waals surface area contributed by atoms with Crippen molar-refractivity contribution in [3.05, 3.63) is 59.2 Å². The Balaban J connectivity index is 2.01. The van der Waals surface area contributed by atoms with Crippen LogP contribution in [0.25, 0.3) is 32.7 Å². The molecule has 5 nitrogen and oxygen atoms in total. The first-order valence-electron chi connectivity index (χ1n) is 7.64. The molecule has 0 amide bonds. The van der Waals surface area contributed by atoms with Crippen molar-refractivity contribution < 1.29 is 0 Å². The Morgan fingerprint density at radius 3 is 2.76 bits per heavy atom. The van der Waals surface area contributed by atoms with Gasteiger partial charge in [-0.25, -0.2) is 9.97 Å². The second-order valence-electron chi connectivity index (χ2n) is 5.61. The third kappa shape index (κ3) is 2.61. The molecule has 1 aromatic carbocycles. The van der Waals surface area contributed by atoms with Gasteiger partial charge in [-0.15, -0.1) is 11.3 Å². The minimum absolute atomic E-state index is 0.138. The number of thiophene rings is 1. The van der Waals surface area contributed by atoms with E-state index in [1.165, 1.54) is 0 Å². The Morgan fingerprint density at radius 1 is 1.12 bits per heavy atom. The Hall–Kier alpha value is -3.30. The number of anilines is 1. The number of pyridine rings is 1. The SMILES string of the molecule is Cc1ccsc1-c1nc(N)c(C#N)nc1-c1ccc2ncccc2c1. The molecule has 120 valence electrons. The molecular formula is C19H13N5S. The van der Waals surface area contributed by atoms with Crippen molar-refractivity contribution in [2.45, 2.75) is 6.92 Å². The van der Waals surface area contributed by atoms with Gasteiger partial charge in [0.15, 0.2) is 11.5 Å². The molecule has 0 bridgehead atoms. The van der Waals surface area contributed by atoms with Gasteiger partial charge in [0.1, 0.15) is 11.8 Å². The molecule has 25 heavy (non-hydrogen) atoms. The first-order chi connectivity index (χ1) is 12.2. The summed E-state index contributed by atoms with van der Waals surface area (Å²) in [5.74, 6) is 0.150. The molecule has 4 rings (SSSR count). The van der Waals surface area contributed by atoms with Crippen LogP contribution >= 0.6 is 11.3 Å². The van der Waals surface area contributed by atoms with Gasteiger partial charge in [-0.05, 0) is 42.1 Å². The fraction of sp³-hybridized carbons (Fsp3) is 0.0526.